The van der Waals surface area contributed by atoms with Crippen molar-refractivity contribution in [3.05, 3.63) is 53.6 Å². The molecule has 6 heteroatoms. The summed E-state index contributed by atoms with van der Waals surface area (Å²) in [6.07, 6.45) is 0. The van der Waals surface area contributed by atoms with Crippen molar-refractivity contribution in [2.24, 2.45) is 0 Å². The normalized spacial score (nSPS) is 10.2. The zero-order chi connectivity index (χ0) is 17.2. The van der Waals surface area contributed by atoms with Gasteiger partial charge in [0, 0.05) is 17.3 Å². The van der Waals surface area contributed by atoms with Crippen molar-refractivity contribution in [1.82, 2.24) is 0 Å². The van der Waals surface area contributed by atoms with Crippen LogP contribution in [0, 0.1) is 0 Å². The molecule has 0 atom stereocenters. The number of amides is 1. The number of carbonyl (C=O) groups excluding carboxylic acids is 1. The van der Waals surface area contributed by atoms with Gasteiger partial charge >= 0.3 is 0 Å². The van der Waals surface area contributed by atoms with E-state index in [1.54, 1.807) is 48.5 Å². The van der Waals surface area contributed by atoms with E-state index in [4.69, 9.17) is 25.8 Å². The molecule has 0 unspecified atom stereocenters. The summed E-state index contributed by atoms with van der Waals surface area (Å²) in [5, 5.41) is 3.35. The molecule has 128 valence electrons. The van der Waals surface area contributed by atoms with Crippen LogP contribution in [0.15, 0.2) is 48.5 Å². The molecule has 2 aromatic rings. The third-order valence-electron chi connectivity index (χ3n) is 3.02. The van der Waals surface area contributed by atoms with E-state index in [9.17, 15) is 4.79 Å². The molecule has 2 aromatic carbocycles. The first-order valence-electron chi connectivity index (χ1n) is 7.66. The van der Waals surface area contributed by atoms with Crippen LogP contribution >= 0.6 is 11.6 Å². The fraction of sp³-hybridized carbons (Fsp3) is 0.278. The fourth-order valence-electron chi connectivity index (χ4n) is 1.87. The SMILES string of the molecule is CCOCCOc1ccc(OCC(=O)Nc2ccc(Cl)cc2)cc1. The fourth-order valence-corrected chi connectivity index (χ4v) is 2.00. The molecule has 0 aliphatic heterocycles. The quantitative estimate of drug-likeness (QED) is 0.700. The molecule has 0 fully saturated rings. The van der Waals surface area contributed by atoms with Gasteiger partial charge in [0.2, 0.25) is 0 Å². The lowest BCUT2D eigenvalue weighted by Crippen LogP contribution is -2.20. The van der Waals surface area contributed by atoms with E-state index >= 15 is 0 Å². The Morgan fingerprint density at radius 2 is 1.58 bits per heavy atom. The molecule has 0 radical (unpaired) electrons. The molecule has 0 spiro atoms. The third kappa shape index (κ3) is 6.48. The second kappa shape index (κ2) is 9.80. The average molecular weight is 350 g/mol. The monoisotopic (exact) mass is 349 g/mol. The number of benzene rings is 2. The molecular weight excluding hydrogens is 330 g/mol. The Morgan fingerprint density at radius 3 is 2.21 bits per heavy atom. The van der Waals surface area contributed by atoms with E-state index in [-0.39, 0.29) is 12.5 Å². The van der Waals surface area contributed by atoms with Crippen LogP contribution in [0.25, 0.3) is 0 Å². The predicted octanol–water partition coefficient (Wildman–Crippen LogP) is 3.77. The van der Waals surface area contributed by atoms with Crippen LogP contribution in [0.5, 0.6) is 11.5 Å². The number of carbonyl (C=O) groups is 1. The van der Waals surface area contributed by atoms with Gasteiger partial charge in [-0.15, -0.1) is 0 Å². The van der Waals surface area contributed by atoms with Gasteiger partial charge in [-0.3, -0.25) is 4.79 Å². The van der Waals surface area contributed by atoms with Crippen molar-refractivity contribution in [1.29, 1.82) is 0 Å². The zero-order valence-electron chi connectivity index (χ0n) is 13.5. The molecular formula is C18H20ClNO4. The first-order chi connectivity index (χ1) is 11.7. The smallest absolute Gasteiger partial charge is 0.262 e. The number of anilines is 1. The molecule has 1 N–H and O–H groups in total. The lowest BCUT2D eigenvalue weighted by Gasteiger charge is -2.09. The highest BCUT2D eigenvalue weighted by Crippen LogP contribution is 2.18. The molecule has 0 heterocycles. The maximum atomic E-state index is 11.8. The lowest BCUT2D eigenvalue weighted by atomic mass is 10.3. The summed E-state index contributed by atoms with van der Waals surface area (Å²) in [5.41, 5.74) is 0.672. The summed E-state index contributed by atoms with van der Waals surface area (Å²) >= 11 is 5.79. The summed E-state index contributed by atoms with van der Waals surface area (Å²) in [6.45, 7) is 3.59. The van der Waals surface area contributed by atoms with Crippen LogP contribution < -0.4 is 14.8 Å². The Morgan fingerprint density at radius 1 is 0.958 bits per heavy atom. The van der Waals surface area contributed by atoms with Gasteiger partial charge in [-0.05, 0) is 55.5 Å². The van der Waals surface area contributed by atoms with Gasteiger partial charge in [0.05, 0.1) is 6.61 Å². The van der Waals surface area contributed by atoms with Gasteiger partial charge in [0.15, 0.2) is 6.61 Å². The average Bonchev–Trinajstić information content (AvgIpc) is 2.60. The Balaban J connectivity index is 1.73. The minimum atomic E-state index is -0.241. The van der Waals surface area contributed by atoms with E-state index in [1.165, 1.54) is 0 Å². The van der Waals surface area contributed by atoms with Crippen LogP contribution in [0.1, 0.15) is 6.92 Å². The molecule has 5 nitrogen and oxygen atoms in total. The van der Waals surface area contributed by atoms with E-state index in [0.717, 1.165) is 5.75 Å². The molecule has 0 aliphatic rings. The van der Waals surface area contributed by atoms with Gasteiger partial charge in [-0.2, -0.15) is 0 Å². The molecule has 0 saturated carbocycles. The number of nitrogens with one attached hydrogen (secondary N) is 1. The minimum Gasteiger partial charge on any atom is -0.491 e. The Bertz CT molecular complexity index is 628. The topological polar surface area (TPSA) is 56.8 Å². The molecule has 24 heavy (non-hydrogen) atoms. The Hall–Kier alpha value is -2.24. The summed E-state index contributed by atoms with van der Waals surface area (Å²) in [6, 6.07) is 14.0. The number of hydrogen-bond acceptors (Lipinski definition) is 4. The number of ether oxygens (including phenoxy) is 3. The highest BCUT2D eigenvalue weighted by Gasteiger charge is 2.04. The summed E-state index contributed by atoms with van der Waals surface area (Å²) in [4.78, 5) is 11.8. The number of rotatable bonds is 9. The van der Waals surface area contributed by atoms with Gasteiger partial charge in [-0.1, -0.05) is 11.6 Å². The van der Waals surface area contributed by atoms with E-state index in [2.05, 4.69) is 5.32 Å². The number of halogens is 1. The molecule has 0 aliphatic carbocycles. The molecule has 0 saturated heterocycles. The van der Waals surface area contributed by atoms with Gasteiger partial charge in [-0.25, -0.2) is 0 Å². The first-order valence-corrected chi connectivity index (χ1v) is 8.04. The van der Waals surface area contributed by atoms with Gasteiger partial charge in [0.25, 0.3) is 5.91 Å². The Kier molecular flexibility index (Phi) is 7.39. The zero-order valence-corrected chi connectivity index (χ0v) is 14.2. The summed E-state index contributed by atoms with van der Waals surface area (Å²) in [7, 11) is 0. The molecule has 0 bridgehead atoms. The van der Waals surface area contributed by atoms with Crippen molar-refractivity contribution in [2.45, 2.75) is 6.92 Å². The largest absolute Gasteiger partial charge is 0.491 e. The number of hydrogen-bond donors (Lipinski definition) is 1. The van der Waals surface area contributed by atoms with Crippen LogP contribution in [-0.4, -0.2) is 32.3 Å². The van der Waals surface area contributed by atoms with Gasteiger partial charge < -0.3 is 19.5 Å². The van der Waals surface area contributed by atoms with Crippen molar-refractivity contribution in [2.75, 3.05) is 31.7 Å². The summed E-state index contributed by atoms with van der Waals surface area (Å²) < 4.78 is 16.1. The van der Waals surface area contributed by atoms with Crippen molar-refractivity contribution >= 4 is 23.2 Å². The van der Waals surface area contributed by atoms with Crippen molar-refractivity contribution in [3.8, 4) is 11.5 Å². The van der Waals surface area contributed by atoms with E-state index in [1.807, 2.05) is 6.92 Å². The van der Waals surface area contributed by atoms with Gasteiger partial charge in [0.1, 0.15) is 18.1 Å². The van der Waals surface area contributed by atoms with Crippen LogP contribution in [-0.2, 0) is 9.53 Å². The highest BCUT2D eigenvalue weighted by atomic mass is 35.5. The molecule has 1 amide bonds. The van der Waals surface area contributed by atoms with E-state index < -0.39 is 0 Å². The maximum absolute atomic E-state index is 11.8. The molecule has 2 rings (SSSR count). The lowest BCUT2D eigenvalue weighted by molar-refractivity contribution is -0.118. The Labute approximate surface area is 146 Å². The van der Waals surface area contributed by atoms with Crippen LogP contribution in [0.2, 0.25) is 5.02 Å². The van der Waals surface area contributed by atoms with Crippen LogP contribution in [0.4, 0.5) is 5.69 Å². The molecule has 0 aromatic heterocycles. The summed E-state index contributed by atoms with van der Waals surface area (Å²) in [5.74, 6) is 1.08. The minimum absolute atomic E-state index is 0.0762. The standard InChI is InChI=1S/C18H20ClNO4/c1-2-22-11-12-23-16-7-9-17(10-8-16)24-13-18(21)20-15-5-3-14(19)4-6-15/h3-10H,2,11-13H2,1H3,(H,20,21). The third-order valence-corrected chi connectivity index (χ3v) is 3.27. The van der Waals surface area contributed by atoms with E-state index in [0.29, 0.717) is 36.3 Å². The van der Waals surface area contributed by atoms with Crippen molar-refractivity contribution < 1.29 is 19.0 Å². The predicted molar refractivity (Wildman–Crippen MR) is 94.0 cm³/mol. The second-order valence-corrected chi connectivity index (χ2v) is 5.30. The van der Waals surface area contributed by atoms with Crippen molar-refractivity contribution in [3.63, 3.8) is 0 Å². The highest BCUT2D eigenvalue weighted by molar-refractivity contribution is 6.30. The maximum Gasteiger partial charge on any atom is 0.262 e. The second-order valence-electron chi connectivity index (χ2n) is 4.86. The first kappa shape index (κ1) is 18.1. The van der Waals surface area contributed by atoms with Crippen LogP contribution in [0.3, 0.4) is 0 Å².